The van der Waals surface area contributed by atoms with Crippen LogP contribution in [0.15, 0.2) is 24.3 Å². The van der Waals surface area contributed by atoms with Crippen LogP contribution in [0.25, 0.3) is 16.9 Å². The van der Waals surface area contributed by atoms with Crippen LogP contribution in [0.2, 0.25) is 0 Å². The van der Waals surface area contributed by atoms with Gasteiger partial charge in [-0.15, -0.1) is 0 Å². The maximum absolute atomic E-state index is 13.1. The summed E-state index contributed by atoms with van der Waals surface area (Å²) in [5.41, 5.74) is 5.53. The molecule has 1 saturated heterocycles. The average Bonchev–Trinajstić information content (AvgIpc) is 3.37. The van der Waals surface area contributed by atoms with E-state index in [0.29, 0.717) is 18.6 Å². The first-order valence-electron chi connectivity index (χ1n) is 13.6. The zero-order chi connectivity index (χ0) is 25.9. The van der Waals surface area contributed by atoms with Crippen LogP contribution in [0.3, 0.4) is 0 Å². The standard InChI is InChI=1S/C29H39N5O3/c1-20-24(12-13-29(35)33-16-14-32(15-17-33)22-8-6-5-7-9-22)21(2)34-28(30-20)19-26(31-34)25-11-10-23(36-3)18-27(25)37-4/h10-11,18-19,22H,5-9,12-17H2,1-4H3. The molecule has 0 N–H and O–H groups in total. The monoisotopic (exact) mass is 505 g/mol. The molecule has 2 aromatic heterocycles. The highest BCUT2D eigenvalue weighted by molar-refractivity contribution is 5.77. The molecule has 1 aliphatic carbocycles. The third-order valence-electron chi connectivity index (χ3n) is 8.20. The second kappa shape index (κ2) is 11.1. The van der Waals surface area contributed by atoms with Crippen LogP contribution in [0.5, 0.6) is 11.5 Å². The minimum atomic E-state index is 0.242. The van der Waals surface area contributed by atoms with E-state index in [1.807, 2.05) is 35.7 Å². The first-order valence-corrected chi connectivity index (χ1v) is 13.6. The Morgan fingerprint density at radius 1 is 1.00 bits per heavy atom. The highest BCUT2D eigenvalue weighted by Crippen LogP contribution is 2.33. The fourth-order valence-electron chi connectivity index (χ4n) is 6.00. The fraction of sp³-hybridized carbons (Fsp3) is 0.552. The van der Waals surface area contributed by atoms with Gasteiger partial charge in [-0.1, -0.05) is 19.3 Å². The van der Waals surface area contributed by atoms with Crippen LogP contribution in [-0.4, -0.2) is 76.7 Å². The van der Waals surface area contributed by atoms with E-state index >= 15 is 0 Å². The number of hydrogen-bond donors (Lipinski definition) is 0. The summed E-state index contributed by atoms with van der Waals surface area (Å²) in [7, 11) is 3.28. The molecule has 198 valence electrons. The van der Waals surface area contributed by atoms with Gasteiger partial charge in [-0.05, 0) is 50.8 Å². The van der Waals surface area contributed by atoms with Crippen LogP contribution >= 0.6 is 0 Å². The molecule has 5 rings (SSSR count). The molecule has 2 aliphatic rings. The van der Waals surface area contributed by atoms with Crippen molar-refractivity contribution in [3.8, 4) is 22.8 Å². The highest BCUT2D eigenvalue weighted by Gasteiger charge is 2.27. The first-order chi connectivity index (χ1) is 18.0. The normalized spacial score (nSPS) is 17.4. The lowest BCUT2D eigenvalue weighted by atomic mass is 9.94. The highest BCUT2D eigenvalue weighted by atomic mass is 16.5. The number of aryl methyl sites for hydroxylation is 2. The summed E-state index contributed by atoms with van der Waals surface area (Å²) in [4.78, 5) is 22.6. The summed E-state index contributed by atoms with van der Waals surface area (Å²) < 4.78 is 12.8. The zero-order valence-electron chi connectivity index (χ0n) is 22.6. The van der Waals surface area contributed by atoms with Gasteiger partial charge in [-0.2, -0.15) is 5.10 Å². The number of carbonyl (C=O) groups is 1. The maximum atomic E-state index is 13.1. The molecule has 1 aliphatic heterocycles. The Hall–Kier alpha value is -3.13. The number of rotatable bonds is 7. The number of ether oxygens (including phenoxy) is 2. The van der Waals surface area contributed by atoms with E-state index in [2.05, 4.69) is 16.7 Å². The maximum Gasteiger partial charge on any atom is 0.222 e. The Labute approximate surface area is 219 Å². The molecule has 1 amide bonds. The van der Waals surface area contributed by atoms with Crippen LogP contribution in [0, 0.1) is 13.8 Å². The number of methoxy groups -OCH3 is 2. The smallest absolute Gasteiger partial charge is 0.222 e. The van der Waals surface area contributed by atoms with E-state index in [1.54, 1.807) is 14.2 Å². The molecule has 37 heavy (non-hydrogen) atoms. The van der Waals surface area contributed by atoms with Crippen molar-refractivity contribution >= 4 is 11.6 Å². The Balaban J connectivity index is 1.27. The Bertz CT molecular complexity index is 1260. The molecule has 0 radical (unpaired) electrons. The van der Waals surface area contributed by atoms with Crippen LogP contribution in [-0.2, 0) is 11.2 Å². The average molecular weight is 506 g/mol. The lowest BCUT2D eigenvalue weighted by Gasteiger charge is -2.40. The van der Waals surface area contributed by atoms with Crippen LogP contribution in [0.4, 0.5) is 0 Å². The van der Waals surface area contributed by atoms with E-state index in [0.717, 1.165) is 71.8 Å². The van der Waals surface area contributed by atoms with Crippen molar-refractivity contribution in [2.45, 2.75) is 64.8 Å². The van der Waals surface area contributed by atoms with Gasteiger partial charge < -0.3 is 14.4 Å². The molecule has 8 nitrogen and oxygen atoms in total. The third kappa shape index (κ3) is 5.30. The van der Waals surface area contributed by atoms with E-state index in [9.17, 15) is 4.79 Å². The van der Waals surface area contributed by atoms with Gasteiger partial charge in [0, 0.05) is 67.7 Å². The molecule has 0 atom stereocenters. The topological polar surface area (TPSA) is 72.2 Å². The summed E-state index contributed by atoms with van der Waals surface area (Å²) >= 11 is 0. The van der Waals surface area contributed by atoms with Crippen LogP contribution in [0.1, 0.15) is 55.5 Å². The number of amides is 1. The van der Waals surface area contributed by atoms with Gasteiger partial charge in [0.1, 0.15) is 11.5 Å². The van der Waals surface area contributed by atoms with E-state index < -0.39 is 0 Å². The van der Waals surface area contributed by atoms with Crippen molar-refractivity contribution in [3.63, 3.8) is 0 Å². The number of nitrogens with zero attached hydrogens (tertiary/aromatic N) is 5. The molecule has 3 heterocycles. The SMILES string of the molecule is COc1ccc(-c2cc3nc(C)c(CCC(=O)N4CCN(C5CCCCC5)CC4)c(C)n3n2)c(OC)c1. The molecule has 0 bridgehead atoms. The molecule has 2 fully saturated rings. The molecule has 1 saturated carbocycles. The third-order valence-corrected chi connectivity index (χ3v) is 8.20. The first kappa shape index (κ1) is 25.5. The number of carbonyl (C=O) groups excluding carboxylic acids is 1. The van der Waals surface area contributed by atoms with E-state index in [-0.39, 0.29) is 5.91 Å². The van der Waals surface area contributed by atoms with Gasteiger partial charge in [0.15, 0.2) is 5.65 Å². The van der Waals surface area contributed by atoms with E-state index in [4.69, 9.17) is 19.6 Å². The van der Waals surface area contributed by atoms with Crippen molar-refractivity contribution in [3.05, 3.63) is 41.2 Å². The van der Waals surface area contributed by atoms with Gasteiger partial charge in [-0.3, -0.25) is 9.69 Å². The van der Waals surface area contributed by atoms with Crippen LogP contribution < -0.4 is 9.47 Å². The Kier molecular flexibility index (Phi) is 7.65. The predicted molar refractivity (Wildman–Crippen MR) is 144 cm³/mol. The second-order valence-corrected chi connectivity index (χ2v) is 10.3. The lowest BCUT2D eigenvalue weighted by molar-refractivity contribution is -0.133. The molecule has 8 heteroatoms. The minimum Gasteiger partial charge on any atom is -0.497 e. The number of aromatic nitrogens is 3. The summed E-state index contributed by atoms with van der Waals surface area (Å²) in [5, 5.41) is 4.85. The van der Waals surface area contributed by atoms with Gasteiger partial charge >= 0.3 is 0 Å². The van der Waals surface area contributed by atoms with Crippen molar-refractivity contribution < 1.29 is 14.3 Å². The molecule has 1 aromatic carbocycles. The second-order valence-electron chi connectivity index (χ2n) is 10.3. The number of piperazine rings is 1. The summed E-state index contributed by atoms with van der Waals surface area (Å²) in [6.07, 6.45) is 7.90. The van der Waals surface area contributed by atoms with Crippen molar-refractivity contribution in [1.29, 1.82) is 0 Å². The number of hydrogen-bond acceptors (Lipinski definition) is 6. The van der Waals surface area contributed by atoms with Gasteiger partial charge in [0.2, 0.25) is 5.91 Å². The predicted octanol–water partition coefficient (Wildman–Crippen LogP) is 4.44. The lowest BCUT2D eigenvalue weighted by Crippen LogP contribution is -2.52. The Morgan fingerprint density at radius 3 is 2.46 bits per heavy atom. The van der Waals surface area contributed by atoms with Gasteiger partial charge in [0.05, 0.1) is 19.9 Å². The fourth-order valence-corrected chi connectivity index (χ4v) is 6.00. The minimum absolute atomic E-state index is 0.242. The summed E-state index contributed by atoms with van der Waals surface area (Å²) in [6.45, 7) is 7.79. The van der Waals surface area contributed by atoms with Crippen molar-refractivity contribution in [2.24, 2.45) is 0 Å². The van der Waals surface area contributed by atoms with E-state index in [1.165, 1.54) is 32.1 Å². The summed E-state index contributed by atoms with van der Waals surface area (Å²) in [6, 6.07) is 8.42. The zero-order valence-corrected chi connectivity index (χ0v) is 22.6. The number of fused-ring (bicyclic) bond motifs is 1. The van der Waals surface area contributed by atoms with Crippen molar-refractivity contribution in [1.82, 2.24) is 24.4 Å². The largest absolute Gasteiger partial charge is 0.497 e. The molecule has 0 spiro atoms. The molecular formula is C29H39N5O3. The molecule has 0 unspecified atom stereocenters. The number of benzene rings is 1. The Morgan fingerprint density at radius 2 is 1.76 bits per heavy atom. The summed E-state index contributed by atoms with van der Waals surface area (Å²) in [5.74, 6) is 1.68. The van der Waals surface area contributed by atoms with Gasteiger partial charge in [-0.25, -0.2) is 9.50 Å². The molecular weight excluding hydrogens is 466 g/mol. The molecule has 3 aromatic rings. The quantitative estimate of drug-likeness (QED) is 0.473. The van der Waals surface area contributed by atoms with Crippen molar-refractivity contribution in [2.75, 3.05) is 40.4 Å². The van der Waals surface area contributed by atoms with Gasteiger partial charge in [0.25, 0.3) is 0 Å².